The van der Waals surface area contributed by atoms with Crippen molar-refractivity contribution in [2.24, 2.45) is 11.8 Å². The first-order valence-corrected chi connectivity index (χ1v) is 13.7. The molecule has 3 heterocycles. The number of unbranched alkanes of at least 4 members (excludes halogenated alkanes) is 1. The lowest BCUT2D eigenvalue weighted by molar-refractivity contribution is -0.160. The molecule has 2 bridgehead atoms. The van der Waals surface area contributed by atoms with Gasteiger partial charge in [-0.2, -0.15) is 0 Å². The van der Waals surface area contributed by atoms with Crippen LogP contribution in [0.15, 0.2) is 49.6 Å². The first-order chi connectivity index (χ1) is 18.3. The van der Waals surface area contributed by atoms with Gasteiger partial charge in [0.1, 0.15) is 17.6 Å². The number of likely N-dealkylation sites (tertiary alicyclic amines) is 1. The molecule has 9 heteroatoms. The zero-order valence-electron chi connectivity index (χ0n) is 21.9. The number of nitrogens with zero attached hydrogens (tertiary/aromatic N) is 2. The molecule has 0 aromatic heterocycles. The van der Waals surface area contributed by atoms with E-state index in [2.05, 4.69) is 13.2 Å². The van der Waals surface area contributed by atoms with Crippen LogP contribution in [-0.2, 0) is 23.9 Å². The summed E-state index contributed by atoms with van der Waals surface area (Å²) >= 11 is 6.09. The molecule has 1 aromatic carbocycles. The van der Waals surface area contributed by atoms with Crippen molar-refractivity contribution < 1.29 is 29.0 Å². The Labute approximate surface area is 229 Å². The molecule has 4 rings (SSSR count). The number of aliphatic hydroxyl groups excluding tert-OH is 1. The Hall–Kier alpha value is -2.68. The number of esters is 1. The molecular formula is C29H37ClN2O6. The van der Waals surface area contributed by atoms with Gasteiger partial charge in [-0.3, -0.25) is 14.4 Å². The molecule has 2 amide bonds. The molecule has 8 nitrogen and oxygen atoms in total. The molecule has 206 valence electrons. The van der Waals surface area contributed by atoms with E-state index in [0.29, 0.717) is 49.2 Å². The lowest BCUT2D eigenvalue weighted by Crippen LogP contribution is -2.56. The minimum atomic E-state index is -1.14. The zero-order valence-corrected chi connectivity index (χ0v) is 22.7. The van der Waals surface area contributed by atoms with Gasteiger partial charge in [-0.15, -0.1) is 13.2 Å². The number of hydrogen-bond acceptors (Lipinski definition) is 6. The van der Waals surface area contributed by atoms with Gasteiger partial charge < -0.3 is 24.4 Å². The minimum Gasteiger partial charge on any atom is -0.465 e. The fourth-order valence-corrected chi connectivity index (χ4v) is 6.67. The van der Waals surface area contributed by atoms with Gasteiger partial charge in [-0.1, -0.05) is 30.7 Å². The van der Waals surface area contributed by atoms with E-state index >= 15 is 0 Å². The van der Waals surface area contributed by atoms with Crippen LogP contribution in [0, 0.1) is 11.8 Å². The van der Waals surface area contributed by atoms with Gasteiger partial charge in [0, 0.05) is 30.4 Å². The van der Waals surface area contributed by atoms with Gasteiger partial charge in [0.05, 0.1) is 18.1 Å². The number of hydrogen-bond donors (Lipinski definition) is 1. The third-order valence-corrected chi connectivity index (χ3v) is 8.51. The Morgan fingerprint density at radius 2 is 1.97 bits per heavy atom. The molecule has 3 fully saturated rings. The monoisotopic (exact) mass is 544 g/mol. The predicted molar refractivity (Wildman–Crippen MR) is 145 cm³/mol. The van der Waals surface area contributed by atoms with Crippen LogP contribution < -0.4 is 4.90 Å². The summed E-state index contributed by atoms with van der Waals surface area (Å²) in [6, 6.07) is 6.00. The second kappa shape index (κ2) is 11.6. The van der Waals surface area contributed by atoms with E-state index in [0.717, 1.165) is 0 Å². The van der Waals surface area contributed by atoms with Crippen LogP contribution in [0.4, 0.5) is 5.69 Å². The molecular weight excluding hydrogens is 508 g/mol. The summed E-state index contributed by atoms with van der Waals surface area (Å²) in [6.45, 7) is 10.1. The van der Waals surface area contributed by atoms with Crippen LogP contribution in [0.1, 0.15) is 45.4 Å². The average Bonchev–Trinajstić information content (AvgIpc) is 3.51. The minimum absolute atomic E-state index is 0.0176. The predicted octanol–water partition coefficient (Wildman–Crippen LogP) is 3.91. The Kier molecular flexibility index (Phi) is 8.65. The Bertz CT molecular complexity index is 1080. The number of carbonyl (C=O) groups is 3. The largest absolute Gasteiger partial charge is 0.465 e. The van der Waals surface area contributed by atoms with Gasteiger partial charge in [0.2, 0.25) is 5.91 Å². The molecule has 0 radical (unpaired) electrons. The molecule has 3 saturated heterocycles. The van der Waals surface area contributed by atoms with E-state index in [9.17, 15) is 19.5 Å². The van der Waals surface area contributed by atoms with Crippen molar-refractivity contribution in [1.29, 1.82) is 0 Å². The second-order valence-electron chi connectivity index (χ2n) is 10.3. The summed E-state index contributed by atoms with van der Waals surface area (Å²) in [5.41, 5.74) is -1.37. The maximum Gasteiger partial charge on any atom is 0.312 e. The third kappa shape index (κ3) is 4.67. The van der Waals surface area contributed by atoms with Crippen LogP contribution >= 0.6 is 11.6 Å². The Morgan fingerprint density at radius 1 is 1.24 bits per heavy atom. The third-order valence-electron chi connectivity index (χ3n) is 8.26. The molecule has 0 aliphatic carbocycles. The van der Waals surface area contributed by atoms with Crippen molar-refractivity contribution in [3.05, 3.63) is 54.6 Å². The molecule has 2 unspecified atom stereocenters. The standard InChI is InChI=1S/C29H37ClN2O6/c1-4-7-19-37-27(36)23-22-25(34)32(17-8-9-18-33)24(29(22)15-14-28(23,6-3)38-29)26(35)31(16-5-2)21-12-10-20(30)11-13-21/h4-5,10-13,22-24,33H,1-2,6-9,14-19H2,3H3/t22-,23+,24?,28-,29?/m0/s1. The SMILES string of the molecule is C=CCCOC(=O)[C@H]1[C@H]2C(=O)N(CCCCO)C(C(=O)N(CC=C)c3ccc(Cl)cc3)C23CC[C@]1(CC)O3. The summed E-state index contributed by atoms with van der Waals surface area (Å²) in [5.74, 6) is -2.62. The highest BCUT2D eigenvalue weighted by Gasteiger charge is 2.79. The summed E-state index contributed by atoms with van der Waals surface area (Å²) in [4.78, 5) is 45.1. The van der Waals surface area contributed by atoms with Crippen LogP contribution in [0.2, 0.25) is 5.02 Å². The molecule has 1 aromatic rings. The van der Waals surface area contributed by atoms with E-state index in [4.69, 9.17) is 21.1 Å². The van der Waals surface area contributed by atoms with E-state index in [1.54, 1.807) is 46.2 Å². The number of fused-ring (bicyclic) bond motifs is 1. The molecule has 38 heavy (non-hydrogen) atoms. The molecule has 5 atom stereocenters. The fraction of sp³-hybridized carbons (Fsp3) is 0.552. The van der Waals surface area contributed by atoms with E-state index in [-0.39, 0.29) is 38.1 Å². The number of aliphatic hydroxyl groups is 1. The molecule has 3 aliphatic heterocycles. The maximum absolute atomic E-state index is 14.4. The quantitative estimate of drug-likeness (QED) is 0.230. The first kappa shape index (κ1) is 28.3. The summed E-state index contributed by atoms with van der Waals surface area (Å²) in [5, 5.41) is 9.91. The number of halogens is 1. The second-order valence-corrected chi connectivity index (χ2v) is 10.7. The van der Waals surface area contributed by atoms with Crippen molar-refractivity contribution in [3.63, 3.8) is 0 Å². The van der Waals surface area contributed by atoms with Gasteiger partial charge in [-0.25, -0.2) is 0 Å². The maximum atomic E-state index is 14.4. The molecule has 1 N–H and O–H groups in total. The number of anilines is 1. The fourth-order valence-electron chi connectivity index (χ4n) is 6.54. The average molecular weight is 545 g/mol. The topological polar surface area (TPSA) is 96.4 Å². The summed E-state index contributed by atoms with van der Waals surface area (Å²) < 4.78 is 12.3. The lowest BCUT2D eigenvalue weighted by Gasteiger charge is -2.37. The van der Waals surface area contributed by atoms with Crippen LogP contribution in [0.25, 0.3) is 0 Å². The van der Waals surface area contributed by atoms with Crippen molar-refractivity contribution in [1.82, 2.24) is 4.90 Å². The van der Waals surface area contributed by atoms with E-state index in [1.165, 1.54) is 0 Å². The summed E-state index contributed by atoms with van der Waals surface area (Å²) in [6.07, 6.45) is 6.40. The van der Waals surface area contributed by atoms with Gasteiger partial charge in [0.15, 0.2) is 0 Å². The first-order valence-electron chi connectivity index (χ1n) is 13.4. The highest BCUT2D eigenvalue weighted by molar-refractivity contribution is 6.30. The molecule has 0 saturated carbocycles. The van der Waals surface area contributed by atoms with Crippen LogP contribution in [0.3, 0.4) is 0 Å². The highest BCUT2D eigenvalue weighted by atomic mass is 35.5. The number of benzene rings is 1. The van der Waals surface area contributed by atoms with Crippen molar-refractivity contribution >= 4 is 35.1 Å². The highest BCUT2D eigenvalue weighted by Crippen LogP contribution is 2.64. The van der Waals surface area contributed by atoms with Crippen molar-refractivity contribution in [2.75, 3.05) is 31.2 Å². The Balaban J connectivity index is 1.76. The number of ether oxygens (including phenoxy) is 2. The number of rotatable bonds is 13. The number of amides is 2. The zero-order chi connectivity index (χ0) is 27.5. The van der Waals surface area contributed by atoms with E-state index in [1.807, 2.05) is 6.92 Å². The summed E-state index contributed by atoms with van der Waals surface area (Å²) in [7, 11) is 0. The number of carbonyl (C=O) groups excluding carboxylic acids is 3. The van der Waals surface area contributed by atoms with Crippen molar-refractivity contribution in [3.8, 4) is 0 Å². The van der Waals surface area contributed by atoms with Gasteiger partial charge >= 0.3 is 5.97 Å². The van der Waals surface area contributed by atoms with Crippen LogP contribution in [-0.4, -0.2) is 71.3 Å². The van der Waals surface area contributed by atoms with Gasteiger partial charge in [0.25, 0.3) is 5.91 Å². The van der Waals surface area contributed by atoms with Crippen molar-refractivity contribution in [2.45, 2.75) is 62.7 Å². The van der Waals surface area contributed by atoms with Gasteiger partial charge in [-0.05, 0) is 62.8 Å². The smallest absolute Gasteiger partial charge is 0.312 e. The Morgan fingerprint density at radius 3 is 2.61 bits per heavy atom. The lowest BCUT2D eigenvalue weighted by atomic mass is 9.65. The normalized spacial score (nSPS) is 29.3. The van der Waals surface area contributed by atoms with E-state index < -0.39 is 35.0 Å². The molecule has 3 aliphatic rings. The molecule has 1 spiro atoms. The van der Waals surface area contributed by atoms with Crippen LogP contribution in [0.5, 0.6) is 0 Å².